The zero-order chi connectivity index (χ0) is 11.9. The highest BCUT2D eigenvalue weighted by Gasteiger charge is 2.28. The van der Waals surface area contributed by atoms with Gasteiger partial charge in [-0.2, -0.15) is 0 Å². The molecule has 0 unspecified atom stereocenters. The van der Waals surface area contributed by atoms with Crippen LogP contribution in [-0.2, 0) is 0 Å². The van der Waals surface area contributed by atoms with Crippen molar-refractivity contribution in [3.8, 4) is 11.5 Å². The van der Waals surface area contributed by atoms with Crippen LogP contribution in [-0.4, -0.2) is 19.9 Å². The number of rotatable bonds is 1. The van der Waals surface area contributed by atoms with Crippen molar-refractivity contribution in [3.63, 3.8) is 0 Å². The van der Waals surface area contributed by atoms with Crippen LogP contribution in [0.25, 0.3) is 11.2 Å². The van der Waals surface area contributed by atoms with E-state index < -0.39 is 6.29 Å². The van der Waals surface area contributed by atoms with Crippen LogP contribution in [0.3, 0.4) is 0 Å². The predicted octanol–water partition coefficient (Wildman–Crippen LogP) is 1.82. The molecule has 0 amide bonds. The lowest BCUT2D eigenvalue weighted by Crippen LogP contribution is -2.12. The van der Waals surface area contributed by atoms with Gasteiger partial charge < -0.3 is 14.5 Å². The number of aromatic nitrogens is 4. The molecular formula is C12H8N4O2. The third-order valence-electron chi connectivity index (χ3n) is 2.72. The molecule has 0 saturated heterocycles. The van der Waals surface area contributed by atoms with Crippen LogP contribution in [0.1, 0.15) is 12.1 Å². The van der Waals surface area contributed by atoms with Gasteiger partial charge in [-0.3, -0.25) is 0 Å². The molecule has 0 atom stereocenters. The Kier molecular flexibility index (Phi) is 1.79. The Morgan fingerprint density at radius 1 is 1.06 bits per heavy atom. The van der Waals surface area contributed by atoms with E-state index in [0.717, 1.165) is 5.52 Å². The van der Waals surface area contributed by atoms with Gasteiger partial charge in [0.05, 0.1) is 12.5 Å². The van der Waals surface area contributed by atoms with Gasteiger partial charge in [-0.05, 0) is 12.1 Å². The number of benzene rings is 1. The Hall–Kier alpha value is -2.63. The monoisotopic (exact) mass is 240 g/mol. The summed E-state index contributed by atoms with van der Waals surface area (Å²) in [7, 11) is 0. The highest BCUT2D eigenvalue weighted by atomic mass is 16.7. The molecule has 0 bridgehead atoms. The van der Waals surface area contributed by atoms with E-state index in [1.807, 2.05) is 24.3 Å². The molecule has 0 saturated carbocycles. The molecule has 1 aromatic carbocycles. The normalized spacial score (nSPS) is 14.2. The number of para-hydroxylation sites is 2. The third-order valence-corrected chi connectivity index (χ3v) is 2.72. The first-order valence-electron chi connectivity index (χ1n) is 5.48. The fourth-order valence-electron chi connectivity index (χ4n) is 1.87. The summed E-state index contributed by atoms with van der Waals surface area (Å²) in [5.41, 5.74) is 1.39. The van der Waals surface area contributed by atoms with Crippen molar-refractivity contribution < 1.29 is 9.47 Å². The maximum absolute atomic E-state index is 5.63. The van der Waals surface area contributed by atoms with Crippen LogP contribution in [0.15, 0.2) is 36.8 Å². The molecule has 0 aliphatic carbocycles. The van der Waals surface area contributed by atoms with Gasteiger partial charge in [0, 0.05) is 0 Å². The first-order valence-corrected chi connectivity index (χ1v) is 5.48. The zero-order valence-corrected chi connectivity index (χ0v) is 9.20. The lowest BCUT2D eigenvalue weighted by molar-refractivity contribution is 0.0407. The highest BCUT2D eigenvalue weighted by molar-refractivity contribution is 5.68. The molecular weight excluding hydrogens is 232 g/mol. The predicted molar refractivity (Wildman–Crippen MR) is 62.1 cm³/mol. The number of hydrogen-bond donors (Lipinski definition) is 1. The second-order valence-corrected chi connectivity index (χ2v) is 3.88. The van der Waals surface area contributed by atoms with Gasteiger partial charge in [-0.25, -0.2) is 15.0 Å². The number of imidazole rings is 1. The van der Waals surface area contributed by atoms with Gasteiger partial charge in [-0.15, -0.1) is 0 Å². The second-order valence-electron chi connectivity index (χ2n) is 3.88. The van der Waals surface area contributed by atoms with E-state index in [9.17, 15) is 0 Å². The number of hydrogen-bond acceptors (Lipinski definition) is 5. The van der Waals surface area contributed by atoms with E-state index in [2.05, 4.69) is 19.9 Å². The average Bonchev–Trinajstić information content (AvgIpc) is 3.04. The number of nitrogens with one attached hydrogen (secondary N) is 1. The maximum atomic E-state index is 5.63. The molecule has 18 heavy (non-hydrogen) atoms. The first-order chi connectivity index (χ1) is 8.90. The van der Waals surface area contributed by atoms with Crippen molar-refractivity contribution in [2.24, 2.45) is 0 Å². The van der Waals surface area contributed by atoms with Crippen molar-refractivity contribution in [1.82, 2.24) is 19.9 Å². The molecule has 2 aromatic heterocycles. The van der Waals surface area contributed by atoms with E-state index >= 15 is 0 Å². The molecule has 3 heterocycles. The Labute approximate surface area is 102 Å². The van der Waals surface area contributed by atoms with Crippen molar-refractivity contribution in [1.29, 1.82) is 0 Å². The molecule has 6 heteroatoms. The van der Waals surface area contributed by atoms with Crippen LogP contribution in [0, 0.1) is 0 Å². The van der Waals surface area contributed by atoms with Gasteiger partial charge >= 0.3 is 6.29 Å². The second kappa shape index (κ2) is 3.43. The summed E-state index contributed by atoms with van der Waals surface area (Å²) in [5, 5.41) is 0. The van der Waals surface area contributed by atoms with Gasteiger partial charge in [0.25, 0.3) is 0 Å². The van der Waals surface area contributed by atoms with Crippen molar-refractivity contribution >= 4 is 11.2 Å². The van der Waals surface area contributed by atoms with E-state index in [0.29, 0.717) is 23.0 Å². The number of H-pyrrole nitrogens is 1. The van der Waals surface area contributed by atoms with Crippen LogP contribution >= 0.6 is 0 Å². The number of nitrogens with zero attached hydrogens (tertiary/aromatic N) is 3. The van der Waals surface area contributed by atoms with Crippen molar-refractivity contribution in [3.05, 3.63) is 42.6 Å². The van der Waals surface area contributed by atoms with Gasteiger partial charge in [-0.1, -0.05) is 12.1 Å². The summed E-state index contributed by atoms with van der Waals surface area (Å²) in [6.07, 6.45) is 2.64. The Balaban J connectivity index is 1.73. The summed E-state index contributed by atoms with van der Waals surface area (Å²) >= 11 is 0. The first kappa shape index (κ1) is 9.41. The fourth-order valence-corrected chi connectivity index (χ4v) is 1.87. The average molecular weight is 240 g/mol. The molecule has 4 rings (SSSR count). The quantitative estimate of drug-likeness (QED) is 0.702. The molecule has 0 fully saturated rings. The van der Waals surface area contributed by atoms with Gasteiger partial charge in [0.15, 0.2) is 17.1 Å². The fraction of sp³-hybridized carbons (Fsp3) is 0.0833. The van der Waals surface area contributed by atoms with E-state index in [1.54, 1.807) is 12.5 Å². The lowest BCUT2D eigenvalue weighted by Gasteiger charge is -2.07. The Morgan fingerprint density at radius 2 is 1.83 bits per heavy atom. The smallest absolute Gasteiger partial charge is 0.302 e. The number of fused-ring (bicyclic) bond motifs is 2. The van der Waals surface area contributed by atoms with Gasteiger partial charge in [0.1, 0.15) is 5.52 Å². The minimum absolute atomic E-state index is 0.464. The van der Waals surface area contributed by atoms with Crippen LogP contribution in [0.4, 0.5) is 0 Å². The van der Waals surface area contributed by atoms with Crippen molar-refractivity contribution in [2.75, 3.05) is 0 Å². The Bertz CT molecular complexity index is 700. The van der Waals surface area contributed by atoms with Crippen molar-refractivity contribution in [2.45, 2.75) is 6.29 Å². The summed E-state index contributed by atoms with van der Waals surface area (Å²) in [5.74, 6) is 1.87. The molecule has 88 valence electrons. The van der Waals surface area contributed by atoms with E-state index in [1.165, 1.54) is 0 Å². The van der Waals surface area contributed by atoms with E-state index in [4.69, 9.17) is 9.47 Å². The molecule has 1 aliphatic heterocycles. The number of aromatic amines is 1. The summed E-state index contributed by atoms with van der Waals surface area (Å²) < 4.78 is 11.3. The molecule has 1 N–H and O–H groups in total. The number of ether oxygens (including phenoxy) is 2. The molecule has 0 radical (unpaired) electrons. The molecule has 0 spiro atoms. The standard InChI is InChI=1S/C12H8N4O2/c1-2-4-9-8(3-1)17-12(18-9)11-13-5-7-10(16-11)15-6-14-7/h1-6,12H,(H,13,14,15,16). The minimum Gasteiger partial charge on any atom is -0.444 e. The Morgan fingerprint density at radius 3 is 2.61 bits per heavy atom. The van der Waals surface area contributed by atoms with Crippen LogP contribution in [0.5, 0.6) is 11.5 Å². The lowest BCUT2D eigenvalue weighted by atomic mass is 10.3. The molecule has 3 aromatic rings. The minimum atomic E-state index is -0.608. The molecule has 1 aliphatic rings. The largest absolute Gasteiger partial charge is 0.444 e. The summed E-state index contributed by atoms with van der Waals surface area (Å²) in [6.45, 7) is 0. The van der Waals surface area contributed by atoms with Crippen LogP contribution in [0.2, 0.25) is 0 Å². The topological polar surface area (TPSA) is 72.9 Å². The van der Waals surface area contributed by atoms with E-state index in [-0.39, 0.29) is 0 Å². The maximum Gasteiger partial charge on any atom is 0.302 e. The summed E-state index contributed by atoms with van der Waals surface area (Å²) in [4.78, 5) is 15.5. The zero-order valence-electron chi connectivity index (χ0n) is 9.20. The third kappa shape index (κ3) is 1.32. The highest BCUT2D eigenvalue weighted by Crippen LogP contribution is 2.38. The van der Waals surface area contributed by atoms with Crippen LogP contribution < -0.4 is 9.47 Å². The van der Waals surface area contributed by atoms with Gasteiger partial charge in [0.2, 0.25) is 5.82 Å². The SMILES string of the molecule is c1ccc2c(c1)OC(c1ncc3[nH]cnc3n1)O2. The summed E-state index contributed by atoms with van der Waals surface area (Å²) in [6, 6.07) is 7.48. The molecule has 6 nitrogen and oxygen atoms in total.